The van der Waals surface area contributed by atoms with Crippen molar-refractivity contribution in [1.29, 1.82) is 0 Å². The van der Waals surface area contributed by atoms with Crippen LogP contribution in [0.1, 0.15) is 11.1 Å². The first-order chi connectivity index (χ1) is 23.2. The number of nitrogens with zero attached hydrogens (tertiary/aromatic N) is 8. The van der Waals surface area contributed by atoms with Crippen LogP contribution in [0.15, 0.2) is 108 Å². The smallest absolute Gasteiger partial charge is 0.216 e. The highest BCUT2D eigenvalue weighted by molar-refractivity contribution is 7.71. The molecule has 2 aromatic carbocycles. The molecule has 236 valence electrons. The van der Waals surface area contributed by atoms with Crippen LogP contribution >= 0.6 is 24.4 Å². The van der Waals surface area contributed by atoms with Crippen molar-refractivity contribution in [3.8, 4) is 34.3 Å². The molecule has 15 heteroatoms. The number of aromatic amines is 2. The number of aromatic nitrogens is 8. The Morgan fingerprint density at radius 2 is 1.09 bits per heavy atom. The zero-order valence-corrected chi connectivity index (χ0v) is 26.5. The van der Waals surface area contributed by atoms with E-state index in [1.165, 1.54) is 0 Å². The topological polar surface area (TPSA) is 145 Å². The summed E-state index contributed by atoms with van der Waals surface area (Å²) in [5, 5.41) is 23.2. The van der Waals surface area contributed by atoms with Gasteiger partial charge >= 0.3 is 0 Å². The van der Waals surface area contributed by atoms with E-state index in [0.29, 0.717) is 59.1 Å². The summed E-state index contributed by atoms with van der Waals surface area (Å²) >= 11 is 10.7. The average Bonchev–Trinajstić information content (AvgIpc) is 3.68. The van der Waals surface area contributed by atoms with E-state index in [1.54, 1.807) is 46.6 Å². The molecule has 47 heavy (non-hydrogen) atoms. The van der Waals surface area contributed by atoms with Crippen LogP contribution in [0.4, 0.5) is 0 Å². The van der Waals surface area contributed by atoms with E-state index in [-0.39, 0.29) is 0 Å². The molecule has 0 aliphatic carbocycles. The lowest BCUT2D eigenvalue weighted by Gasteiger charge is -2.11. The van der Waals surface area contributed by atoms with Crippen LogP contribution < -0.4 is 9.47 Å². The van der Waals surface area contributed by atoms with Crippen LogP contribution in [0.25, 0.3) is 22.8 Å². The Bertz CT molecular complexity index is 1940. The lowest BCUT2D eigenvalue weighted by molar-refractivity contribution is 0.0764. The third kappa shape index (κ3) is 7.96. The minimum absolute atomic E-state index is 0.338. The molecule has 4 heterocycles. The third-order valence-corrected chi connectivity index (χ3v) is 7.10. The van der Waals surface area contributed by atoms with Crippen molar-refractivity contribution < 1.29 is 14.2 Å². The summed E-state index contributed by atoms with van der Waals surface area (Å²) in [5.41, 5.74) is 3.13. The highest BCUT2D eigenvalue weighted by Gasteiger charge is 2.10. The first-order valence-electron chi connectivity index (χ1n) is 14.4. The molecule has 6 rings (SSSR count). The van der Waals surface area contributed by atoms with E-state index < -0.39 is 0 Å². The van der Waals surface area contributed by atoms with Gasteiger partial charge in [-0.05, 0) is 73.0 Å². The number of ether oxygens (including phenoxy) is 3. The minimum Gasteiger partial charge on any atom is -0.491 e. The molecule has 0 amide bonds. The molecule has 0 saturated carbocycles. The summed E-state index contributed by atoms with van der Waals surface area (Å²) in [7, 11) is 0. The second-order valence-electron chi connectivity index (χ2n) is 9.69. The van der Waals surface area contributed by atoms with Crippen molar-refractivity contribution in [2.75, 3.05) is 26.4 Å². The van der Waals surface area contributed by atoms with Gasteiger partial charge in [-0.2, -0.15) is 29.8 Å². The van der Waals surface area contributed by atoms with Gasteiger partial charge in [-0.15, -0.1) is 0 Å². The van der Waals surface area contributed by atoms with Crippen molar-refractivity contribution in [2.45, 2.75) is 0 Å². The number of H-pyrrole nitrogens is 2. The quantitative estimate of drug-likeness (QED) is 0.0869. The molecule has 0 fully saturated rings. The fourth-order valence-electron chi connectivity index (χ4n) is 4.36. The lowest BCUT2D eigenvalue weighted by Crippen LogP contribution is -2.13. The van der Waals surface area contributed by atoms with Gasteiger partial charge in [0.2, 0.25) is 9.54 Å². The molecule has 13 nitrogen and oxygen atoms in total. The zero-order valence-electron chi connectivity index (χ0n) is 24.8. The molecule has 0 unspecified atom stereocenters. The van der Waals surface area contributed by atoms with Crippen molar-refractivity contribution in [3.05, 3.63) is 118 Å². The van der Waals surface area contributed by atoms with Crippen molar-refractivity contribution in [3.63, 3.8) is 0 Å². The Morgan fingerprint density at radius 1 is 0.617 bits per heavy atom. The van der Waals surface area contributed by atoms with E-state index in [0.717, 1.165) is 22.3 Å². The minimum atomic E-state index is 0.338. The molecule has 6 aromatic rings. The van der Waals surface area contributed by atoms with E-state index in [2.05, 4.69) is 40.6 Å². The van der Waals surface area contributed by atoms with Gasteiger partial charge in [0.1, 0.15) is 24.7 Å². The number of nitrogens with one attached hydrogen (secondary N) is 2. The van der Waals surface area contributed by atoms with E-state index in [4.69, 9.17) is 38.6 Å². The molecule has 4 aromatic heterocycles. The Labute approximate surface area is 279 Å². The van der Waals surface area contributed by atoms with Gasteiger partial charge < -0.3 is 14.2 Å². The molecule has 0 radical (unpaired) electrons. The number of hydrogen-bond donors (Lipinski definition) is 2. The van der Waals surface area contributed by atoms with E-state index in [1.807, 2.05) is 72.8 Å². The second kappa shape index (κ2) is 15.6. The van der Waals surface area contributed by atoms with Crippen LogP contribution in [-0.4, -0.2) is 78.6 Å². The highest BCUT2D eigenvalue weighted by Crippen LogP contribution is 2.20. The maximum absolute atomic E-state index is 5.99. The van der Waals surface area contributed by atoms with Gasteiger partial charge in [0.05, 0.1) is 25.6 Å². The first kappa shape index (κ1) is 31.3. The van der Waals surface area contributed by atoms with Crippen LogP contribution in [0.2, 0.25) is 0 Å². The Morgan fingerprint density at radius 3 is 1.53 bits per heavy atom. The fraction of sp³-hybridized carbons (Fsp3) is 0.125. The van der Waals surface area contributed by atoms with Crippen LogP contribution in [0.5, 0.6) is 11.5 Å². The van der Waals surface area contributed by atoms with Crippen molar-refractivity contribution in [2.24, 2.45) is 10.2 Å². The summed E-state index contributed by atoms with van der Waals surface area (Å²) in [5.74, 6) is 2.43. The predicted molar refractivity (Wildman–Crippen MR) is 182 cm³/mol. The monoisotopic (exact) mass is 664 g/mol. The molecular formula is C32H28N10O3S2. The van der Waals surface area contributed by atoms with Gasteiger partial charge in [0.15, 0.2) is 11.6 Å². The molecule has 0 aliphatic rings. The van der Waals surface area contributed by atoms with Gasteiger partial charge in [-0.1, -0.05) is 24.3 Å². The largest absolute Gasteiger partial charge is 0.491 e. The molecule has 0 bridgehead atoms. The summed E-state index contributed by atoms with van der Waals surface area (Å²) in [6, 6.07) is 22.6. The number of benzene rings is 2. The Hall–Kier alpha value is -5.64. The maximum Gasteiger partial charge on any atom is 0.216 e. The lowest BCUT2D eigenvalue weighted by atomic mass is 10.2. The maximum atomic E-state index is 5.99. The Balaban J connectivity index is 0.996. The zero-order chi connectivity index (χ0) is 32.3. The number of rotatable bonds is 14. The van der Waals surface area contributed by atoms with Crippen molar-refractivity contribution >= 4 is 36.9 Å². The average molecular weight is 665 g/mol. The summed E-state index contributed by atoms with van der Waals surface area (Å²) in [6.45, 7) is 1.41. The number of pyridine rings is 2. The van der Waals surface area contributed by atoms with E-state index in [9.17, 15) is 0 Å². The van der Waals surface area contributed by atoms with Gasteiger partial charge in [-0.25, -0.2) is 10.2 Å². The molecular weight excluding hydrogens is 637 g/mol. The first-order valence-corrected chi connectivity index (χ1v) is 15.2. The molecule has 2 N–H and O–H groups in total. The molecule has 0 spiro atoms. The third-order valence-electron chi connectivity index (χ3n) is 6.57. The highest BCUT2D eigenvalue weighted by atomic mass is 32.1. The second-order valence-corrected chi connectivity index (χ2v) is 10.5. The summed E-state index contributed by atoms with van der Waals surface area (Å²) in [4.78, 5) is 8.29. The van der Waals surface area contributed by atoms with Crippen molar-refractivity contribution in [1.82, 2.24) is 39.7 Å². The molecule has 0 saturated heterocycles. The van der Waals surface area contributed by atoms with Crippen LogP contribution in [0, 0.1) is 9.54 Å². The fourth-order valence-corrected chi connectivity index (χ4v) is 4.72. The van der Waals surface area contributed by atoms with Crippen LogP contribution in [-0.2, 0) is 4.74 Å². The summed E-state index contributed by atoms with van der Waals surface area (Å²) < 4.78 is 21.6. The van der Waals surface area contributed by atoms with E-state index >= 15 is 0 Å². The molecule has 0 aliphatic heterocycles. The van der Waals surface area contributed by atoms with Gasteiger partial charge in [0, 0.05) is 47.0 Å². The Kier molecular flexibility index (Phi) is 10.4. The number of para-hydroxylation sites is 2. The predicted octanol–water partition coefficient (Wildman–Crippen LogP) is 5.56. The summed E-state index contributed by atoms with van der Waals surface area (Å²) in [6.07, 6.45) is 10.1. The normalized spacial score (nSPS) is 11.4. The van der Waals surface area contributed by atoms with Gasteiger partial charge in [-0.3, -0.25) is 9.97 Å². The number of hydrogen-bond acceptors (Lipinski definition) is 11. The SMILES string of the molecule is S=c1[nH]nc(-c2cccnc2)n1/N=C/c1ccccc1OCCOCCOc1ccccc1/C=N/n1c(-c2cccnc2)n[nH]c1=S. The molecule has 0 atom stereocenters. The standard InChI is InChI=1S/C32H28N10O3S2/c46-31-39-37-29(25-9-5-13-33-19-25)41(31)35-21-23-7-1-3-11-27(23)44-17-15-43-16-18-45-28-12-4-2-8-24(28)22-36-42-30(38-40-32(42)47)26-10-6-14-34-20-26/h1-14,19-22H,15-18H2,(H,39,46)(H,40,47)/b35-21+,36-22+. The van der Waals surface area contributed by atoms with Gasteiger partial charge in [0.25, 0.3) is 0 Å². The van der Waals surface area contributed by atoms with Crippen LogP contribution in [0.3, 0.4) is 0 Å².